The number of rotatable bonds is 16. The molecule has 0 aromatic heterocycles. The van der Waals surface area contributed by atoms with Crippen LogP contribution in [-0.4, -0.2) is 61.3 Å². The summed E-state index contributed by atoms with van der Waals surface area (Å²) < 4.78 is 2.75. The van der Waals surface area contributed by atoms with E-state index in [4.69, 9.17) is 0 Å². The first-order valence-corrected chi connectivity index (χ1v) is 12.2. The smallest absolute Gasteiger partial charge is 0.0783 e. The topological polar surface area (TPSA) is 0 Å². The molecule has 0 heterocycles. The third-order valence-corrected chi connectivity index (χ3v) is 5.58. The van der Waals surface area contributed by atoms with Crippen molar-refractivity contribution in [1.82, 2.24) is 0 Å². The largest absolute Gasteiger partial charge is 1.00 e. The van der Waals surface area contributed by atoms with Crippen LogP contribution in [-0.2, 0) is 0 Å². The van der Waals surface area contributed by atoms with Gasteiger partial charge in [-0.1, -0.05) is 55.4 Å². The van der Waals surface area contributed by atoms with Crippen LogP contribution >= 0.6 is 0 Å². The van der Waals surface area contributed by atoms with Gasteiger partial charge in [0.15, 0.2) is 0 Å². The Morgan fingerprint density at radius 1 is 0.286 bits per heavy atom. The van der Waals surface area contributed by atoms with E-state index in [-0.39, 0.29) is 34.0 Å². The van der Waals surface area contributed by atoms with E-state index in [0.717, 1.165) is 0 Å². The molecule has 0 saturated heterocycles. The monoisotopic (exact) mass is 530 g/mol. The van der Waals surface area contributed by atoms with Gasteiger partial charge in [0.2, 0.25) is 0 Å². The Balaban J connectivity index is -0.000000192. The van der Waals surface area contributed by atoms with Gasteiger partial charge in [-0.25, -0.2) is 0 Å². The van der Waals surface area contributed by atoms with Gasteiger partial charge in [-0.2, -0.15) is 0 Å². The Morgan fingerprint density at radius 3 is 0.464 bits per heavy atom. The molecule has 0 spiro atoms. The second-order valence-corrected chi connectivity index (χ2v) is 8.47. The van der Waals surface area contributed by atoms with Crippen molar-refractivity contribution < 1.29 is 42.9 Å². The van der Waals surface area contributed by atoms with Crippen molar-refractivity contribution in [2.45, 2.75) is 107 Å². The molecule has 0 atom stereocenters. The molecule has 2 nitrogen and oxygen atoms in total. The molecule has 0 fully saturated rings. The molecule has 0 bridgehead atoms. The van der Waals surface area contributed by atoms with Gasteiger partial charge in [0.05, 0.1) is 52.4 Å². The van der Waals surface area contributed by atoms with E-state index in [0.29, 0.717) is 0 Å². The highest BCUT2D eigenvalue weighted by atomic mass is 79.9. The summed E-state index contributed by atoms with van der Waals surface area (Å²) in [6.07, 6.45) is 10.7. The molecule has 0 amide bonds. The fourth-order valence-electron chi connectivity index (χ4n) is 5.14. The lowest BCUT2D eigenvalue weighted by atomic mass is 10.2. The predicted octanol–water partition coefficient (Wildman–Crippen LogP) is 0.894. The summed E-state index contributed by atoms with van der Waals surface area (Å²) in [6.45, 7) is 29.6. The summed E-state index contributed by atoms with van der Waals surface area (Å²) in [4.78, 5) is 0. The molecule has 0 rings (SSSR count). The maximum absolute atomic E-state index is 2.31. The molecule has 0 radical (unpaired) electrons. The summed E-state index contributed by atoms with van der Waals surface area (Å²) >= 11 is 0. The quantitative estimate of drug-likeness (QED) is 0.259. The summed E-state index contributed by atoms with van der Waals surface area (Å²) in [7, 11) is 0. The lowest BCUT2D eigenvalue weighted by molar-refractivity contribution is -0.928. The first-order valence-electron chi connectivity index (χ1n) is 12.2. The van der Waals surface area contributed by atoms with Gasteiger partial charge in [-0.15, -0.1) is 0 Å². The van der Waals surface area contributed by atoms with Crippen LogP contribution in [0.5, 0.6) is 0 Å². The van der Waals surface area contributed by atoms with Gasteiger partial charge in [0, 0.05) is 0 Å². The molecule has 0 aromatic rings. The molecule has 28 heavy (non-hydrogen) atoms. The van der Waals surface area contributed by atoms with Crippen LogP contribution in [0.2, 0.25) is 0 Å². The molecule has 176 valence electrons. The van der Waals surface area contributed by atoms with Crippen LogP contribution < -0.4 is 34.0 Å². The Labute approximate surface area is 201 Å². The Kier molecular flexibility index (Phi) is 31.3. The van der Waals surface area contributed by atoms with Crippen LogP contribution in [0.15, 0.2) is 0 Å². The van der Waals surface area contributed by atoms with E-state index >= 15 is 0 Å². The maximum atomic E-state index is 2.31. The SMILES string of the molecule is CCC[N+](CCC)(CCC)CCC.CCC[N+](CCC)(CCC)CCC.[Br-].[Br-]. The van der Waals surface area contributed by atoms with E-state index in [1.807, 2.05) is 0 Å². The minimum absolute atomic E-state index is 0. The predicted molar refractivity (Wildman–Crippen MR) is 122 cm³/mol. The van der Waals surface area contributed by atoms with Crippen molar-refractivity contribution in [1.29, 1.82) is 0 Å². The van der Waals surface area contributed by atoms with Gasteiger partial charge in [-0.3, -0.25) is 0 Å². The first-order chi connectivity index (χ1) is 12.5. The fourth-order valence-corrected chi connectivity index (χ4v) is 5.14. The first kappa shape index (κ1) is 36.3. The van der Waals surface area contributed by atoms with Crippen molar-refractivity contribution >= 4 is 0 Å². The Morgan fingerprint density at radius 2 is 0.393 bits per heavy atom. The number of quaternary nitrogens is 2. The lowest BCUT2D eigenvalue weighted by Gasteiger charge is -2.38. The second-order valence-electron chi connectivity index (χ2n) is 8.47. The number of hydrogen-bond acceptors (Lipinski definition) is 0. The molecule has 0 aromatic carbocycles. The molecule has 0 unspecified atom stereocenters. The average molecular weight is 533 g/mol. The van der Waals surface area contributed by atoms with E-state index in [1.54, 1.807) is 0 Å². The number of hydrogen-bond donors (Lipinski definition) is 0. The van der Waals surface area contributed by atoms with Gasteiger partial charge in [0.1, 0.15) is 0 Å². The molecule has 0 aliphatic carbocycles. The molecule has 0 aliphatic rings. The average Bonchev–Trinajstić information content (AvgIpc) is 2.57. The zero-order valence-electron chi connectivity index (χ0n) is 21.0. The minimum Gasteiger partial charge on any atom is -1.00 e. The highest BCUT2D eigenvalue weighted by Crippen LogP contribution is 2.13. The molecular weight excluding hydrogens is 476 g/mol. The number of halogens is 2. The van der Waals surface area contributed by atoms with Crippen molar-refractivity contribution in [3.05, 3.63) is 0 Å². The van der Waals surface area contributed by atoms with Crippen LogP contribution in [0.1, 0.15) is 107 Å². The van der Waals surface area contributed by atoms with Crippen molar-refractivity contribution in [2.75, 3.05) is 52.4 Å². The molecular formula is C24H56Br2N2. The van der Waals surface area contributed by atoms with Crippen LogP contribution in [0.3, 0.4) is 0 Å². The Hall–Kier alpha value is 0.880. The van der Waals surface area contributed by atoms with Gasteiger partial charge < -0.3 is 42.9 Å². The van der Waals surface area contributed by atoms with Crippen molar-refractivity contribution in [2.24, 2.45) is 0 Å². The van der Waals surface area contributed by atoms with Gasteiger partial charge >= 0.3 is 0 Å². The van der Waals surface area contributed by atoms with Crippen LogP contribution in [0, 0.1) is 0 Å². The van der Waals surface area contributed by atoms with E-state index < -0.39 is 0 Å². The third kappa shape index (κ3) is 16.7. The number of nitrogens with zero attached hydrogens (tertiary/aromatic N) is 2. The lowest BCUT2D eigenvalue weighted by Crippen LogP contribution is -3.00. The van der Waals surface area contributed by atoms with Gasteiger partial charge in [0.25, 0.3) is 0 Å². The zero-order valence-corrected chi connectivity index (χ0v) is 24.1. The zero-order chi connectivity index (χ0) is 20.3. The Bertz CT molecular complexity index is 199. The standard InChI is InChI=1S/2C12H28N.2BrH/c2*1-5-9-13(10-6-2,11-7-3)12-8-4;;/h2*5-12H2,1-4H3;2*1H/q2*+1;;/p-2. The minimum atomic E-state index is 0. The summed E-state index contributed by atoms with van der Waals surface area (Å²) in [5.41, 5.74) is 0. The molecule has 0 saturated carbocycles. The molecule has 4 heteroatoms. The van der Waals surface area contributed by atoms with Gasteiger partial charge in [-0.05, 0) is 51.4 Å². The second kappa shape index (κ2) is 24.2. The van der Waals surface area contributed by atoms with Crippen molar-refractivity contribution in [3.63, 3.8) is 0 Å². The third-order valence-electron chi connectivity index (χ3n) is 5.58. The maximum Gasteiger partial charge on any atom is 0.0783 e. The van der Waals surface area contributed by atoms with E-state index in [9.17, 15) is 0 Å². The fraction of sp³-hybridized carbons (Fsp3) is 1.00. The molecule has 0 aliphatic heterocycles. The van der Waals surface area contributed by atoms with Crippen LogP contribution in [0.4, 0.5) is 0 Å². The summed E-state index contributed by atoms with van der Waals surface area (Å²) in [6, 6.07) is 0. The van der Waals surface area contributed by atoms with Crippen LogP contribution in [0.25, 0.3) is 0 Å². The summed E-state index contributed by atoms with van der Waals surface area (Å²) in [5, 5.41) is 0. The van der Waals surface area contributed by atoms with E-state index in [1.165, 1.54) is 113 Å². The van der Waals surface area contributed by atoms with E-state index in [2.05, 4.69) is 55.4 Å². The normalized spacial score (nSPS) is 11.1. The summed E-state index contributed by atoms with van der Waals surface area (Å²) in [5.74, 6) is 0. The highest BCUT2D eigenvalue weighted by Gasteiger charge is 2.23. The van der Waals surface area contributed by atoms with Crippen molar-refractivity contribution in [3.8, 4) is 0 Å². The molecule has 0 N–H and O–H groups in total. The highest BCUT2D eigenvalue weighted by molar-refractivity contribution is 4.45.